The number of thiazole rings is 1. The van der Waals surface area contributed by atoms with E-state index in [1.807, 2.05) is 35.7 Å². The number of aromatic nitrogens is 1. The molecule has 0 aliphatic carbocycles. The van der Waals surface area contributed by atoms with Crippen LogP contribution in [0, 0.1) is 0 Å². The summed E-state index contributed by atoms with van der Waals surface area (Å²) in [5, 5.41) is 3.46. The zero-order valence-corrected chi connectivity index (χ0v) is 15.3. The molecule has 134 valence electrons. The van der Waals surface area contributed by atoms with E-state index in [0.29, 0.717) is 22.6 Å². The molecule has 0 fully saturated rings. The van der Waals surface area contributed by atoms with E-state index < -0.39 is 5.63 Å². The van der Waals surface area contributed by atoms with Crippen molar-refractivity contribution in [2.45, 2.75) is 6.92 Å². The maximum absolute atomic E-state index is 12.5. The molecule has 0 unspecified atom stereocenters. The molecule has 4 aromatic rings. The average molecular weight is 377 g/mol. The van der Waals surface area contributed by atoms with E-state index in [4.69, 9.17) is 9.15 Å². The molecule has 5 nitrogen and oxygen atoms in total. The van der Waals surface area contributed by atoms with Gasteiger partial charge in [0.2, 0.25) is 0 Å². The van der Waals surface area contributed by atoms with E-state index in [2.05, 4.69) is 4.98 Å². The summed E-state index contributed by atoms with van der Waals surface area (Å²) in [6.45, 7) is 1.43. The Morgan fingerprint density at radius 1 is 1.15 bits per heavy atom. The number of carbonyl (C=O) groups is 1. The second kappa shape index (κ2) is 7.17. The SMILES string of the molecule is CC(=O)COc1ccc2cc(-c3csc(-c4ccccc4)n3)c(=O)oc2c1. The van der Waals surface area contributed by atoms with Gasteiger partial charge in [-0.25, -0.2) is 9.78 Å². The Kier molecular flexibility index (Phi) is 4.56. The van der Waals surface area contributed by atoms with Crippen molar-refractivity contribution in [3.63, 3.8) is 0 Å². The summed E-state index contributed by atoms with van der Waals surface area (Å²) in [6, 6.07) is 16.7. The highest BCUT2D eigenvalue weighted by Crippen LogP contribution is 2.29. The van der Waals surface area contributed by atoms with Crippen LogP contribution in [-0.4, -0.2) is 17.4 Å². The fourth-order valence-corrected chi connectivity index (χ4v) is 3.48. The van der Waals surface area contributed by atoms with Gasteiger partial charge < -0.3 is 9.15 Å². The van der Waals surface area contributed by atoms with Gasteiger partial charge in [-0.2, -0.15) is 0 Å². The Bertz CT molecular complexity index is 1180. The van der Waals surface area contributed by atoms with Gasteiger partial charge >= 0.3 is 5.63 Å². The Morgan fingerprint density at radius 3 is 2.74 bits per heavy atom. The van der Waals surface area contributed by atoms with Crippen LogP contribution in [-0.2, 0) is 4.79 Å². The van der Waals surface area contributed by atoms with E-state index in [0.717, 1.165) is 16.0 Å². The quantitative estimate of drug-likeness (QED) is 0.477. The fourth-order valence-electron chi connectivity index (χ4n) is 2.66. The maximum Gasteiger partial charge on any atom is 0.345 e. The molecule has 2 aromatic heterocycles. The molecule has 0 bridgehead atoms. The summed E-state index contributed by atoms with van der Waals surface area (Å²) in [6.07, 6.45) is 0. The highest BCUT2D eigenvalue weighted by molar-refractivity contribution is 7.13. The number of rotatable bonds is 5. The number of hydrogen-bond donors (Lipinski definition) is 0. The number of hydrogen-bond acceptors (Lipinski definition) is 6. The third-order valence-electron chi connectivity index (χ3n) is 3.95. The molecule has 2 aromatic carbocycles. The molecule has 0 amide bonds. The Labute approximate surface area is 158 Å². The first kappa shape index (κ1) is 17.2. The highest BCUT2D eigenvalue weighted by Gasteiger charge is 2.13. The molecule has 0 saturated heterocycles. The lowest BCUT2D eigenvalue weighted by molar-refractivity contribution is -0.118. The third kappa shape index (κ3) is 3.66. The first-order valence-electron chi connectivity index (χ1n) is 8.31. The Hall–Kier alpha value is -3.25. The number of benzene rings is 2. The zero-order valence-electron chi connectivity index (χ0n) is 14.5. The van der Waals surface area contributed by atoms with E-state index in [1.54, 1.807) is 24.3 Å². The summed E-state index contributed by atoms with van der Waals surface area (Å²) in [5.74, 6) is 0.401. The summed E-state index contributed by atoms with van der Waals surface area (Å²) in [4.78, 5) is 28.1. The number of Topliss-reactive ketones (excluding diaryl/α,β-unsaturated/α-hetero) is 1. The number of carbonyl (C=O) groups excluding carboxylic acids is 1. The van der Waals surface area contributed by atoms with Gasteiger partial charge in [0.15, 0.2) is 5.78 Å². The molecule has 0 N–H and O–H groups in total. The van der Waals surface area contributed by atoms with Crippen LogP contribution in [0.25, 0.3) is 32.8 Å². The monoisotopic (exact) mass is 377 g/mol. The van der Waals surface area contributed by atoms with Crippen LogP contribution in [0.15, 0.2) is 69.2 Å². The molecule has 0 aliphatic heterocycles. The number of fused-ring (bicyclic) bond motifs is 1. The largest absolute Gasteiger partial charge is 0.486 e. The third-order valence-corrected chi connectivity index (χ3v) is 4.84. The van der Waals surface area contributed by atoms with Gasteiger partial charge in [-0.15, -0.1) is 11.3 Å². The van der Waals surface area contributed by atoms with Crippen LogP contribution in [0.4, 0.5) is 0 Å². The first-order valence-corrected chi connectivity index (χ1v) is 9.19. The van der Waals surface area contributed by atoms with Crippen molar-refractivity contribution < 1.29 is 13.9 Å². The Balaban J connectivity index is 1.70. The van der Waals surface area contributed by atoms with Crippen molar-refractivity contribution in [1.82, 2.24) is 4.98 Å². The summed E-state index contributed by atoms with van der Waals surface area (Å²) >= 11 is 1.48. The van der Waals surface area contributed by atoms with Gasteiger partial charge in [0.1, 0.15) is 22.9 Å². The minimum Gasteiger partial charge on any atom is -0.486 e. The lowest BCUT2D eigenvalue weighted by atomic mass is 10.1. The molecule has 0 atom stereocenters. The fraction of sp³-hybridized carbons (Fsp3) is 0.0952. The molecule has 27 heavy (non-hydrogen) atoms. The molecule has 2 heterocycles. The van der Waals surface area contributed by atoms with Crippen LogP contribution >= 0.6 is 11.3 Å². The molecule has 0 aliphatic rings. The second-order valence-electron chi connectivity index (χ2n) is 6.04. The Morgan fingerprint density at radius 2 is 1.96 bits per heavy atom. The van der Waals surface area contributed by atoms with Crippen molar-refractivity contribution in [2.24, 2.45) is 0 Å². The minimum atomic E-state index is -0.462. The molecule has 6 heteroatoms. The summed E-state index contributed by atoms with van der Waals surface area (Å²) in [5.41, 5.74) is 1.95. The van der Waals surface area contributed by atoms with Crippen molar-refractivity contribution >= 4 is 28.1 Å². The van der Waals surface area contributed by atoms with E-state index in [9.17, 15) is 9.59 Å². The maximum atomic E-state index is 12.5. The second-order valence-corrected chi connectivity index (χ2v) is 6.90. The van der Waals surface area contributed by atoms with Crippen molar-refractivity contribution in [1.29, 1.82) is 0 Å². The van der Waals surface area contributed by atoms with E-state index in [1.165, 1.54) is 18.3 Å². The van der Waals surface area contributed by atoms with Gasteiger partial charge in [-0.3, -0.25) is 4.79 Å². The van der Waals surface area contributed by atoms with E-state index in [-0.39, 0.29) is 12.4 Å². The molecular weight excluding hydrogens is 362 g/mol. The number of ketones is 1. The smallest absolute Gasteiger partial charge is 0.345 e. The molecule has 0 spiro atoms. The van der Waals surface area contributed by atoms with Gasteiger partial charge in [-0.05, 0) is 25.1 Å². The topological polar surface area (TPSA) is 69.4 Å². The number of nitrogens with zero attached hydrogens (tertiary/aromatic N) is 1. The lowest BCUT2D eigenvalue weighted by Gasteiger charge is -2.05. The van der Waals surface area contributed by atoms with Crippen molar-refractivity contribution in [3.8, 4) is 27.6 Å². The van der Waals surface area contributed by atoms with Gasteiger partial charge in [0.25, 0.3) is 0 Å². The van der Waals surface area contributed by atoms with Crippen LogP contribution in [0.1, 0.15) is 6.92 Å². The van der Waals surface area contributed by atoms with Gasteiger partial charge in [0, 0.05) is 22.4 Å². The predicted molar refractivity (Wildman–Crippen MR) is 105 cm³/mol. The molecule has 4 rings (SSSR count). The van der Waals surface area contributed by atoms with Gasteiger partial charge in [-0.1, -0.05) is 30.3 Å². The van der Waals surface area contributed by atoms with Crippen molar-refractivity contribution in [2.75, 3.05) is 6.61 Å². The van der Waals surface area contributed by atoms with Crippen LogP contribution in [0.2, 0.25) is 0 Å². The van der Waals surface area contributed by atoms with Crippen LogP contribution in [0.3, 0.4) is 0 Å². The minimum absolute atomic E-state index is 0.0189. The average Bonchev–Trinajstić information content (AvgIpc) is 3.16. The lowest BCUT2D eigenvalue weighted by Crippen LogP contribution is -2.07. The number of ether oxygens (including phenoxy) is 1. The van der Waals surface area contributed by atoms with Crippen LogP contribution < -0.4 is 10.4 Å². The zero-order chi connectivity index (χ0) is 18.8. The summed E-state index contributed by atoms with van der Waals surface area (Å²) < 4.78 is 10.8. The normalized spacial score (nSPS) is 10.9. The van der Waals surface area contributed by atoms with E-state index >= 15 is 0 Å². The highest BCUT2D eigenvalue weighted by atomic mass is 32.1. The molecular formula is C21H15NO4S. The molecule has 0 radical (unpaired) electrons. The van der Waals surface area contributed by atoms with Crippen LogP contribution in [0.5, 0.6) is 5.75 Å². The first-order chi connectivity index (χ1) is 13.1. The summed E-state index contributed by atoms with van der Waals surface area (Å²) in [7, 11) is 0. The molecule has 0 saturated carbocycles. The predicted octanol–water partition coefficient (Wildman–Crippen LogP) is 4.55. The van der Waals surface area contributed by atoms with Crippen molar-refractivity contribution in [3.05, 3.63) is 70.4 Å². The van der Waals surface area contributed by atoms with Gasteiger partial charge in [0.05, 0.1) is 11.3 Å². The standard InChI is InChI=1S/C21H15NO4S/c1-13(23)11-25-16-8-7-15-9-17(21(24)26-19(15)10-16)18-12-27-20(22-18)14-5-3-2-4-6-14/h2-10,12H,11H2,1H3.